The highest BCUT2D eigenvalue weighted by atomic mass is 16.5. The standard InChI is InChI=1S/C19H27N3O3/c1-3-25-16-11-15(19(16)8-5-9-19)22-14-7-4-6-13(10-14)18(24)21-12-17(23)20-2/h4,6-7,10,15-16,22H,3,5,8-9,11-12H2,1-2H3,(H,20,23)(H,21,24)/t15-,16+/m0/s1. The maximum Gasteiger partial charge on any atom is 0.251 e. The average molecular weight is 345 g/mol. The summed E-state index contributed by atoms with van der Waals surface area (Å²) in [7, 11) is 1.55. The van der Waals surface area contributed by atoms with E-state index in [-0.39, 0.29) is 23.8 Å². The third-order valence-electron chi connectivity index (χ3n) is 5.59. The van der Waals surface area contributed by atoms with E-state index in [0.717, 1.165) is 18.7 Å². The van der Waals surface area contributed by atoms with Gasteiger partial charge in [-0.3, -0.25) is 9.59 Å². The normalized spacial score (nSPS) is 23.3. The first kappa shape index (κ1) is 17.7. The van der Waals surface area contributed by atoms with E-state index in [1.165, 1.54) is 19.3 Å². The molecule has 0 radical (unpaired) electrons. The van der Waals surface area contributed by atoms with Crippen molar-refractivity contribution in [1.82, 2.24) is 10.6 Å². The van der Waals surface area contributed by atoms with Crippen LogP contribution >= 0.6 is 0 Å². The fourth-order valence-electron chi connectivity index (χ4n) is 3.94. The number of anilines is 1. The van der Waals surface area contributed by atoms with Crippen LogP contribution in [0.1, 0.15) is 43.0 Å². The van der Waals surface area contributed by atoms with Gasteiger partial charge in [0.15, 0.2) is 0 Å². The number of rotatable bonds is 7. The van der Waals surface area contributed by atoms with Crippen molar-refractivity contribution in [3.05, 3.63) is 29.8 Å². The van der Waals surface area contributed by atoms with Crippen LogP contribution in [0.25, 0.3) is 0 Å². The van der Waals surface area contributed by atoms with Crippen LogP contribution in [0.3, 0.4) is 0 Å². The van der Waals surface area contributed by atoms with Gasteiger partial charge >= 0.3 is 0 Å². The molecule has 3 N–H and O–H groups in total. The first-order chi connectivity index (χ1) is 12.1. The molecule has 2 saturated carbocycles. The molecule has 1 spiro atoms. The van der Waals surface area contributed by atoms with Gasteiger partial charge in [-0.2, -0.15) is 0 Å². The Kier molecular flexibility index (Phi) is 5.27. The molecule has 0 unspecified atom stereocenters. The zero-order valence-corrected chi connectivity index (χ0v) is 14.9. The second-order valence-corrected chi connectivity index (χ2v) is 6.90. The van der Waals surface area contributed by atoms with Crippen molar-refractivity contribution in [2.75, 3.05) is 25.5 Å². The Morgan fingerprint density at radius 2 is 2.12 bits per heavy atom. The fourth-order valence-corrected chi connectivity index (χ4v) is 3.94. The summed E-state index contributed by atoms with van der Waals surface area (Å²) in [5, 5.41) is 8.70. The van der Waals surface area contributed by atoms with Gasteiger partial charge in [-0.05, 0) is 44.4 Å². The summed E-state index contributed by atoms with van der Waals surface area (Å²) in [5.41, 5.74) is 1.77. The smallest absolute Gasteiger partial charge is 0.251 e. The van der Waals surface area contributed by atoms with Gasteiger partial charge < -0.3 is 20.7 Å². The second-order valence-electron chi connectivity index (χ2n) is 6.90. The SMILES string of the molecule is CCO[C@@H]1C[C@H](Nc2cccc(C(=O)NCC(=O)NC)c2)C12CCC2. The van der Waals surface area contributed by atoms with Crippen LogP contribution in [0.2, 0.25) is 0 Å². The van der Waals surface area contributed by atoms with Crippen LogP contribution in [-0.2, 0) is 9.53 Å². The van der Waals surface area contributed by atoms with Crippen molar-refractivity contribution in [3.63, 3.8) is 0 Å². The fraction of sp³-hybridized carbons (Fsp3) is 0.579. The van der Waals surface area contributed by atoms with E-state index in [1.807, 2.05) is 25.1 Å². The van der Waals surface area contributed by atoms with Gasteiger partial charge in [-0.15, -0.1) is 0 Å². The maximum atomic E-state index is 12.2. The Morgan fingerprint density at radius 1 is 1.32 bits per heavy atom. The Balaban J connectivity index is 1.61. The first-order valence-electron chi connectivity index (χ1n) is 9.06. The summed E-state index contributed by atoms with van der Waals surface area (Å²) in [6.07, 6.45) is 5.07. The van der Waals surface area contributed by atoms with Crippen LogP contribution in [-0.4, -0.2) is 44.2 Å². The summed E-state index contributed by atoms with van der Waals surface area (Å²) in [5.74, 6) is -0.461. The molecule has 3 rings (SSSR count). The number of hydrogen-bond acceptors (Lipinski definition) is 4. The van der Waals surface area contributed by atoms with E-state index in [1.54, 1.807) is 13.1 Å². The Labute approximate surface area is 148 Å². The molecule has 6 heteroatoms. The molecule has 6 nitrogen and oxygen atoms in total. The molecule has 2 amide bonds. The molecule has 1 aromatic carbocycles. The van der Waals surface area contributed by atoms with Gasteiger partial charge in [0.25, 0.3) is 5.91 Å². The van der Waals surface area contributed by atoms with Crippen molar-refractivity contribution in [2.45, 2.75) is 44.8 Å². The molecule has 25 heavy (non-hydrogen) atoms. The molecule has 1 aromatic rings. The summed E-state index contributed by atoms with van der Waals surface area (Å²) in [6.45, 7) is 2.79. The highest BCUT2D eigenvalue weighted by Gasteiger charge is 2.58. The predicted molar refractivity (Wildman–Crippen MR) is 96.6 cm³/mol. The minimum atomic E-state index is -0.244. The Bertz CT molecular complexity index is 643. The second kappa shape index (κ2) is 7.44. The predicted octanol–water partition coefficient (Wildman–Crippen LogP) is 1.92. The lowest BCUT2D eigenvalue weighted by Crippen LogP contribution is -2.64. The number of carbonyl (C=O) groups is 2. The van der Waals surface area contributed by atoms with E-state index >= 15 is 0 Å². The summed E-state index contributed by atoms with van der Waals surface area (Å²) < 4.78 is 5.89. The van der Waals surface area contributed by atoms with E-state index in [9.17, 15) is 9.59 Å². The van der Waals surface area contributed by atoms with Gasteiger partial charge in [-0.1, -0.05) is 12.5 Å². The topological polar surface area (TPSA) is 79.5 Å². The minimum absolute atomic E-state index is 0.0191. The lowest BCUT2D eigenvalue weighted by Gasteiger charge is -2.61. The minimum Gasteiger partial charge on any atom is -0.382 e. The molecular formula is C19H27N3O3. The third-order valence-corrected chi connectivity index (χ3v) is 5.59. The molecule has 0 bridgehead atoms. The number of ether oxygens (including phenoxy) is 1. The van der Waals surface area contributed by atoms with Crippen molar-refractivity contribution >= 4 is 17.5 Å². The van der Waals surface area contributed by atoms with Gasteiger partial charge in [-0.25, -0.2) is 0 Å². The number of benzene rings is 1. The molecule has 0 aromatic heterocycles. The lowest BCUT2D eigenvalue weighted by atomic mass is 9.51. The van der Waals surface area contributed by atoms with Gasteiger partial charge in [0.05, 0.1) is 12.6 Å². The third kappa shape index (κ3) is 3.49. The average Bonchev–Trinajstić information content (AvgIpc) is 2.57. The molecule has 0 saturated heterocycles. The zero-order chi connectivity index (χ0) is 17.9. The quantitative estimate of drug-likeness (QED) is 0.705. The highest BCUT2D eigenvalue weighted by Crippen LogP contribution is 2.58. The highest BCUT2D eigenvalue weighted by molar-refractivity contribution is 5.97. The number of likely N-dealkylation sites (N-methyl/N-ethyl adjacent to an activating group) is 1. The largest absolute Gasteiger partial charge is 0.382 e. The van der Waals surface area contributed by atoms with Gasteiger partial charge in [0, 0.05) is 36.4 Å². The molecule has 0 heterocycles. The summed E-state index contributed by atoms with van der Waals surface area (Å²) in [6, 6.07) is 7.85. The monoisotopic (exact) mass is 345 g/mol. The summed E-state index contributed by atoms with van der Waals surface area (Å²) in [4.78, 5) is 23.4. The van der Waals surface area contributed by atoms with E-state index in [2.05, 4.69) is 16.0 Å². The maximum absolute atomic E-state index is 12.2. The van der Waals surface area contributed by atoms with Crippen LogP contribution in [0.4, 0.5) is 5.69 Å². The first-order valence-corrected chi connectivity index (χ1v) is 9.06. The van der Waals surface area contributed by atoms with Crippen LogP contribution < -0.4 is 16.0 Å². The van der Waals surface area contributed by atoms with Crippen molar-refractivity contribution < 1.29 is 14.3 Å². The van der Waals surface area contributed by atoms with Crippen molar-refractivity contribution in [2.24, 2.45) is 5.41 Å². The Morgan fingerprint density at radius 3 is 2.76 bits per heavy atom. The number of nitrogens with one attached hydrogen (secondary N) is 3. The van der Waals surface area contributed by atoms with Crippen LogP contribution in [0.15, 0.2) is 24.3 Å². The molecule has 2 aliphatic carbocycles. The van der Waals surface area contributed by atoms with Crippen molar-refractivity contribution in [1.29, 1.82) is 0 Å². The van der Waals surface area contributed by atoms with E-state index < -0.39 is 0 Å². The van der Waals surface area contributed by atoms with E-state index in [4.69, 9.17) is 4.74 Å². The van der Waals surface area contributed by atoms with E-state index in [0.29, 0.717) is 17.7 Å². The molecule has 2 fully saturated rings. The lowest BCUT2D eigenvalue weighted by molar-refractivity contribution is -0.157. The summed E-state index contributed by atoms with van der Waals surface area (Å²) >= 11 is 0. The molecule has 2 aliphatic rings. The Hall–Kier alpha value is -2.08. The molecule has 0 aliphatic heterocycles. The zero-order valence-electron chi connectivity index (χ0n) is 14.9. The van der Waals surface area contributed by atoms with Crippen LogP contribution in [0.5, 0.6) is 0 Å². The number of hydrogen-bond donors (Lipinski definition) is 3. The molecule has 2 atom stereocenters. The number of carbonyl (C=O) groups excluding carboxylic acids is 2. The van der Waals surface area contributed by atoms with Crippen molar-refractivity contribution in [3.8, 4) is 0 Å². The van der Waals surface area contributed by atoms with Crippen LogP contribution in [0, 0.1) is 5.41 Å². The van der Waals surface area contributed by atoms with Gasteiger partial charge in [0.1, 0.15) is 0 Å². The molecular weight excluding hydrogens is 318 g/mol. The van der Waals surface area contributed by atoms with Gasteiger partial charge in [0.2, 0.25) is 5.91 Å². The number of amides is 2. The molecule has 136 valence electrons.